The average molecular weight is 621 g/mol. The zero-order valence-corrected chi connectivity index (χ0v) is 22.6. The lowest BCUT2D eigenvalue weighted by atomic mass is 9.86. The molecule has 0 aliphatic heterocycles. The lowest BCUT2D eigenvalue weighted by molar-refractivity contribution is -0.147. The van der Waals surface area contributed by atoms with Crippen molar-refractivity contribution in [2.45, 2.75) is 50.6 Å². The summed E-state index contributed by atoms with van der Waals surface area (Å²) in [6.45, 7) is -1.25. The Bertz CT molecular complexity index is 1400. The van der Waals surface area contributed by atoms with Crippen LogP contribution in [0.4, 0.5) is 22.0 Å². The van der Waals surface area contributed by atoms with Crippen molar-refractivity contribution in [1.29, 1.82) is 0 Å². The van der Waals surface area contributed by atoms with E-state index in [9.17, 15) is 41.8 Å². The molecule has 2 N–H and O–H groups in total. The number of carboxylic acids is 1. The van der Waals surface area contributed by atoms with Gasteiger partial charge in [-0.1, -0.05) is 23.2 Å². The highest BCUT2D eigenvalue weighted by Gasteiger charge is 2.43. The van der Waals surface area contributed by atoms with Gasteiger partial charge >= 0.3 is 12.1 Å². The van der Waals surface area contributed by atoms with E-state index in [1.807, 2.05) is 0 Å². The van der Waals surface area contributed by atoms with Gasteiger partial charge in [0.15, 0.2) is 5.69 Å². The summed E-state index contributed by atoms with van der Waals surface area (Å²) in [5.74, 6) is -4.91. The van der Waals surface area contributed by atoms with Crippen LogP contribution in [-0.2, 0) is 17.5 Å². The molecule has 0 bridgehead atoms. The van der Waals surface area contributed by atoms with Crippen LogP contribution in [0.2, 0.25) is 10.0 Å². The molecule has 8 nitrogen and oxygen atoms in total. The van der Waals surface area contributed by atoms with E-state index in [0.29, 0.717) is 10.7 Å². The first kappa shape index (κ1) is 30.7. The van der Waals surface area contributed by atoms with Gasteiger partial charge in [-0.15, -0.1) is 0 Å². The first-order chi connectivity index (χ1) is 19.3. The molecule has 3 aromatic rings. The molecule has 41 heavy (non-hydrogen) atoms. The Morgan fingerprint density at radius 1 is 1.02 bits per heavy atom. The van der Waals surface area contributed by atoms with Crippen LogP contribution < -0.4 is 0 Å². The number of carbonyl (C=O) groups is 2. The Morgan fingerprint density at radius 2 is 1.61 bits per heavy atom. The molecule has 220 valence electrons. The van der Waals surface area contributed by atoms with Crippen molar-refractivity contribution in [1.82, 2.24) is 19.7 Å². The SMILES string of the molecule is O=C(O)C1CCC(n2ncc(C(=O)N(Cc3cc(F)cc(F)c3)CC(O)c3c(Cl)cncc3Cl)c2C(F)(F)F)CC1. The Hall–Kier alpha value is -3.29. The van der Waals surface area contributed by atoms with Crippen molar-refractivity contribution < 1.29 is 41.8 Å². The van der Waals surface area contributed by atoms with Crippen LogP contribution in [0.3, 0.4) is 0 Å². The monoisotopic (exact) mass is 620 g/mol. The van der Waals surface area contributed by atoms with Crippen molar-refractivity contribution in [2.75, 3.05) is 6.54 Å². The number of aliphatic hydroxyl groups is 1. The largest absolute Gasteiger partial charge is 0.481 e. The number of alkyl halides is 3. The number of pyridine rings is 1. The van der Waals surface area contributed by atoms with Crippen molar-refractivity contribution in [3.05, 3.63) is 80.9 Å². The number of benzene rings is 1. The molecule has 1 saturated carbocycles. The molecule has 1 aliphatic carbocycles. The molecule has 1 aliphatic rings. The minimum Gasteiger partial charge on any atom is -0.481 e. The molecule has 0 spiro atoms. The van der Waals surface area contributed by atoms with E-state index in [1.165, 1.54) is 12.4 Å². The number of rotatable bonds is 8. The lowest BCUT2D eigenvalue weighted by Gasteiger charge is -2.29. The Labute approximate surface area is 240 Å². The number of carboxylic acid groups (broad SMARTS) is 1. The molecule has 1 atom stereocenters. The predicted octanol–water partition coefficient (Wildman–Crippen LogP) is 6.07. The van der Waals surface area contributed by atoms with E-state index in [-0.39, 0.29) is 46.9 Å². The predicted molar refractivity (Wildman–Crippen MR) is 136 cm³/mol. The first-order valence-corrected chi connectivity index (χ1v) is 13.1. The number of amides is 1. The van der Waals surface area contributed by atoms with Crippen LogP contribution in [0, 0.1) is 17.6 Å². The highest BCUT2D eigenvalue weighted by atomic mass is 35.5. The van der Waals surface area contributed by atoms with Gasteiger partial charge in [-0.3, -0.25) is 19.3 Å². The van der Waals surface area contributed by atoms with Crippen LogP contribution in [-0.4, -0.2) is 48.3 Å². The van der Waals surface area contributed by atoms with Gasteiger partial charge in [0, 0.05) is 30.6 Å². The van der Waals surface area contributed by atoms with Gasteiger partial charge in [0.25, 0.3) is 5.91 Å². The van der Waals surface area contributed by atoms with E-state index in [1.54, 1.807) is 0 Å². The molecule has 1 fully saturated rings. The number of carbonyl (C=O) groups excluding carboxylic acids is 1. The molecule has 4 rings (SSSR count). The maximum absolute atomic E-state index is 14.4. The number of hydrogen-bond acceptors (Lipinski definition) is 5. The molecule has 1 unspecified atom stereocenters. The minimum atomic E-state index is -5.04. The quantitative estimate of drug-likeness (QED) is 0.296. The second-order valence-electron chi connectivity index (χ2n) is 9.69. The standard InChI is InChI=1S/C26H23Cl2F5N4O4/c27-19-9-34-10-20(28)22(19)21(38)12-36(11-13-5-15(29)7-16(30)6-13)24(39)18-8-35-37(23(18)26(31,32)33)17-3-1-14(2-4-17)25(40)41/h5-10,14,17,21,38H,1-4,11-12H2,(H,40,41). The average Bonchev–Trinajstić information content (AvgIpc) is 3.33. The number of aromatic nitrogens is 3. The van der Waals surface area contributed by atoms with Gasteiger partial charge in [0.05, 0.1) is 46.4 Å². The Kier molecular flexibility index (Phi) is 9.19. The molecule has 0 radical (unpaired) electrons. The van der Waals surface area contributed by atoms with Crippen LogP contribution in [0.5, 0.6) is 0 Å². The van der Waals surface area contributed by atoms with Crippen LogP contribution in [0.15, 0.2) is 36.8 Å². The lowest BCUT2D eigenvalue weighted by Crippen LogP contribution is -2.36. The van der Waals surface area contributed by atoms with Crippen molar-refractivity contribution in [3.63, 3.8) is 0 Å². The van der Waals surface area contributed by atoms with Crippen LogP contribution >= 0.6 is 23.2 Å². The van der Waals surface area contributed by atoms with Gasteiger partial charge in [0.2, 0.25) is 0 Å². The van der Waals surface area contributed by atoms with E-state index < -0.39 is 72.1 Å². The summed E-state index contributed by atoms with van der Waals surface area (Å²) in [4.78, 5) is 29.5. The maximum Gasteiger partial charge on any atom is 0.433 e. The molecule has 1 aromatic carbocycles. The zero-order valence-electron chi connectivity index (χ0n) is 21.1. The fourth-order valence-electron chi connectivity index (χ4n) is 5.00. The molecule has 2 aromatic heterocycles. The summed E-state index contributed by atoms with van der Waals surface area (Å²) in [5, 5.41) is 23.8. The highest BCUT2D eigenvalue weighted by molar-refractivity contribution is 6.35. The normalized spacial score (nSPS) is 18.2. The molecule has 2 heterocycles. The molecule has 15 heteroatoms. The molecule has 1 amide bonds. The molecular formula is C26H23Cl2F5N4O4. The smallest absolute Gasteiger partial charge is 0.433 e. The highest BCUT2D eigenvalue weighted by Crippen LogP contribution is 2.39. The van der Waals surface area contributed by atoms with E-state index in [0.717, 1.165) is 23.2 Å². The van der Waals surface area contributed by atoms with E-state index >= 15 is 0 Å². The van der Waals surface area contributed by atoms with Crippen molar-refractivity contribution >= 4 is 35.1 Å². The summed E-state index contributed by atoms with van der Waals surface area (Å²) in [6.07, 6.45) is -3.11. The summed E-state index contributed by atoms with van der Waals surface area (Å²) in [6, 6.07) is 1.58. The Balaban J connectivity index is 1.72. The number of halogens is 7. The minimum absolute atomic E-state index is 0.0477. The third kappa shape index (κ3) is 6.96. The van der Waals surface area contributed by atoms with E-state index in [2.05, 4.69) is 10.1 Å². The maximum atomic E-state index is 14.4. The number of nitrogens with zero attached hydrogens (tertiary/aromatic N) is 4. The number of aliphatic hydroxyl groups excluding tert-OH is 1. The van der Waals surface area contributed by atoms with Gasteiger partial charge < -0.3 is 15.1 Å². The second-order valence-corrected chi connectivity index (χ2v) is 10.5. The first-order valence-electron chi connectivity index (χ1n) is 12.3. The topological polar surface area (TPSA) is 109 Å². The van der Waals surface area contributed by atoms with Crippen LogP contribution in [0.25, 0.3) is 0 Å². The van der Waals surface area contributed by atoms with Crippen molar-refractivity contribution in [2.24, 2.45) is 5.92 Å². The van der Waals surface area contributed by atoms with E-state index in [4.69, 9.17) is 23.2 Å². The fourth-order valence-corrected chi connectivity index (χ4v) is 5.61. The number of hydrogen-bond donors (Lipinski definition) is 2. The summed E-state index contributed by atoms with van der Waals surface area (Å²) in [5.41, 5.74) is -2.35. The fraction of sp³-hybridized carbons (Fsp3) is 0.385. The number of aliphatic carboxylic acids is 1. The second kappa shape index (κ2) is 12.3. The van der Waals surface area contributed by atoms with Crippen LogP contribution in [0.1, 0.15) is 65.0 Å². The molecular weight excluding hydrogens is 598 g/mol. The van der Waals surface area contributed by atoms with Gasteiger partial charge in [0.1, 0.15) is 11.6 Å². The summed E-state index contributed by atoms with van der Waals surface area (Å²) >= 11 is 12.2. The Morgan fingerprint density at radius 3 is 2.15 bits per heavy atom. The van der Waals surface area contributed by atoms with Crippen molar-refractivity contribution in [3.8, 4) is 0 Å². The van der Waals surface area contributed by atoms with Gasteiger partial charge in [-0.25, -0.2) is 8.78 Å². The third-order valence-electron chi connectivity index (χ3n) is 6.89. The van der Waals surface area contributed by atoms with Gasteiger partial charge in [-0.2, -0.15) is 18.3 Å². The summed E-state index contributed by atoms with van der Waals surface area (Å²) in [7, 11) is 0. The zero-order chi connectivity index (χ0) is 30.1. The van der Waals surface area contributed by atoms with Gasteiger partial charge in [-0.05, 0) is 43.4 Å². The third-order valence-corrected chi connectivity index (χ3v) is 7.49. The summed E-state index contributed by atoms with van der Waals surface area (Å²) < 4.78 is 71.6. The molecule has 0 saturated heterocycles.